The average molecular weight is 596 g/mol. The van der Waals surface area contributed by atoms with E-state index in [9.17, 15) is 9.59 Å². The molecule has 5 nitrogen and oxygen atoms in total. The SMILES string of the molecule is CCCCCCCCCC(CCCCCCCCC(=O)OCC(CCCC)CCCCCC)OC(=O)CCCN(C)C. The van der Waals surface area contributed by atoms with Gasteiger partial charge in [-0.15, -0.1) is 0 Å². The molecule has 0 rings (SSSR count). The Balaban J connectivity index is 4.13. The minimum absolute atomic E-state index is 0.00865. The molecule has 5 heteroatoms. The fourth-order valence-corrected chi connectivity index (χ4v) is 5.67. The predicted octanol–water partition coefficient (Wildman–Crippen LogP) is 10.8. The van der Waals surface area contributed by atoms with E-state index in [1.54, 1.807) is 0 Å². The molecule has 2 unspecified atom stereocenters. The van der Waals surface area contributed by atoms with Crippen LogP contribution in [0, 0.1) is 5.92 Å². The van der Waals surface area contributed by atoms with Crippen molar-refractivity contribution < 1.29 is 19.1 Å². The largest absolute Gasteiger partial charge is 0.465 e. The molecule has 2 atom stereocenters. The van der Waals surface area contributed by atoms with Crippen molar-refractivity contribution in [1.29, 1.82) is 0 Å². The normalized spacial score (nSPS) is 12.9. The Bertz CT molecular complexity index is 594. The van der Waals surface area contributed by atoms with Crippen LogP contribution in [0.2, 0.25) is 0 Å². The smallest absolute Gasteiger partial charge is 0.306 e. The Morgan fingerprint density at radius 3 is 1.55 bits per heavy atom. The third-order valence-corrected chi connectivity index (χ3v) is 8.48. The van der Waals surface area contributed by atoms with Gasteiger partial charge in [-0.05, 0) is 77.9 Å². The van der Waals surface area contributed by atoms with Gasteiger partial charge in [-0.2, -0.15) is 0 Å². The molecule has 0 aromatic heterocycles. The summed E-state index contributed by atoms with van der Waals surface area (Å²) in [5.74, 6) is 0.508. The number of carbonyl (C=O) groups excluding carboxylic acids is 2. The van der Waals surface area contributed by atoms with Gasteiger partial charge in [0.2, 0.25) is 0 Å². The van der Waals surface area contributed by atoms with E-state index >= 15 is 0 Å². The summed E-state index contributed by atoms with van der Waals surface area (Å²) in [4.78, 5) is 26.8. The molecule has 0 heterocycles. The van der Waals surface area contributed by atoms with Crippen LogP contribution in [0.25, 0.3) is 0 Å². The van der Waals surface area contributed by atoms with Crippen LogP contribution in [0.5, 0.6) is 0 Å². The van der Waals surface area contributed by atoms with Crippen LogP contribution in [0.1, 0.15) is 188 Å². The molecular formula is C37H73NO4. The summed E-state index contributed by atoms with van der Waals surface area (Å²) >= 11 is 0. The fourth-order valence-electron chi connectivity index (χ4n) is 5.67. The van der Waals surface area contributed by atoms with Gasteiger partial charge < -0.3 is 14.4 Å². The van der Waals surface area contributed by atoms with Gasteiger partial charge in [-0.3, -0.25) is 9.59 Å². The minimum Gasteiger partial charge on any atom is -0.465 e. The number of carbonyl (C=O) groups is 2. The second kappa shape index (κ2) is 31.3. The number of nitrogens with zero attached hydrogens (tertiary/aromatic N) is 1. The van der Waals surface area contributed by atoms with Crippen LogP contribution in [-0.4, -0.2) is 50.2 Å². The number of hydrogen-bond acceptors (Lipinski definition) is 5. The third kappa shape index (κ3) is 29.0. The van der Waals surface area contributed by atoms with Gasteiger partial charge in [0.15, 0.2) is 0 Å². The Morgan fingerprint density at radius 2 is 0.976 bits per heavy atom. The van der Waals surface area contributed by atoms with E-state index in [1.165, 1.54) is 103 Å². The summed E-state index contributed by atoms with van der Waals surface area (Å²) in [5.41, 5.74) is 0. The molecule has 0 aromatic rings. The highest BCUT2D eigenvalue weighted by atomic mass is 16.5. The molecule has 0 aliphatic heterocycles. The summed E-state index contributed by atoms with van der Waals surface area (Å²) in [7, 11) is 4.09. The highest BCUT2D eigenvalue weighted by Gasteiger charge is 2.15. The molecule has 0 amide bonds. The highest BCUT2D eigenvalue weighted by Crippen LogP contribution is 2.20. The maximum absolute atomic E-state index is 12.4. The molecule has 0 bridgehead atoms. The van der Waals surface area contributed by atoms with E-state index in [1.807, 2.05) is 14.1 Å². The summed E-state index contributed by atoms with van der Waals surface area (Å²) in [6.45, 7) is 8.28. The van der Waals surface area contributed by atoms with E-state index < -0.39 is 0 Å². The molecule has 0 saturated carbocycles. The zero-order valence-electron chi connectivity index (χ0n) is 29.0. The predicted molar refractivity (Wildman–Crippen MR) is 180 cm³/mol. The lowest BCUT2D eigenvalue weighted by Crippen LogP contribution is -2.20. The quantitative estimate of drug-likeness (QED) is 0.0572. The maximum Gasteiger partial charge on any atom is 0.306 e. The molecule has 0 saturated heterocycles. The second-order valence-corrected chi connectivity index (χ2v) is 13.1. The number of rotatable bonds is 32. The molecule has 250 valence electrons. The first kappa shape index (κ1) is 40.9. The van der Waals surface area contributed by atoms with E-state index in [-0.39, 0.29) is 18.0 Å². The molecule has 0 spiro atoms. The average Bonchev–Trinajstić information content (AvgIpc) is 2.96. The lowest BCUT2D eigenvalue weighted by atomic mass is 9.96. The molecular weight excluding hydrogens is 522 g/mol. The maximum atomic E-state index is 12.4. The van der Waals surface area contributed by atoms with E-state index in [4.69, 9.17) is 9.47 Å². The van der Waals surface area contributed by atoms with Crippen molar-refractivity contribution in [1.82, 2.24) is 4.90 Å². The van der Waals surface area contributed by atoms with E-state index in [0.717, 1.165) is 57.9 Å². The molecule has 0 radical (unpaired) electrons. The summed E-state index contributed by atoms with van der Waals surface area (Å²) in [5, 5.41) is 0. The van der Waals surface area contributed by atoms with Gasteiger partial charge in [0.25, 0.3) is 0 Å². The molecule has 42 heavy (non-hydrogen) atoms. The monoisotopic (exact) mass is 596 g/mol. The van der Waals surface area contributed by atoms with Crippen LogP contribution in [0.15, 0.2) is 0 Å². The Morgan fingerprint density at radius 1 is 0.524 bits per heavy atom. The first-order valence-corrected chi connectivity index (χ1v) is 18.4. The van der Waals surface area contributed by atoms with Crippen LogP contribution >= 0.6 is 0 Å². The lowest BCUT2D eigenvalue weighted by molar-refractivity contribution is -0.150. The van der Waals surface area contributed by atoms with Crippen molar-refractivity contribution in [2.45, 2.75) is 194 Å². The zero-order valence-corrected chi connectivity index (χ0v) is 29.0. The second-order valence-electron chi connectivity index (χ2n) is 13.1. The number of unbranched alkanes of at least 4 members (excludes halogenated alkanes) is 15. The van der Waals surface area contributed by atoms with Crippen molar-refractivity contribution in [3.8, 4) is 0 Å². The zero-order chi connectivity index (χ0) is 31.1. The van der Waals surface area contributed by atoms with Crippen LogP contribution < -0.4 is 0 Å². The molecule has 0 aliphatic carbocycles. The van der Waals surface area contributed by atoms with Gasteiger partial charge in [-0.1, -0.05) is 124 Å². The lowest BCUT2D eigenvalue weighted by Gasteiger charge is -2.18. The Labute approximate surface area is 262 Å². The van der Waals surface area contributed by atoms with Crippen LogP contribution in [0.3, 0.4) is 0 Å². The summed E-state index contributed by atoms with van der Waals surface area (Å²) in [6, 6.07) is 0. The summed E-state index contributed by atoms with van der Waals surface area (Å²) in [6.07, 6.45) is 29.7. The van der Waals surface area contributed by atoms with Crippen molar-refractivity contribution >= 4 is 11.9 Å². The van der Waals surface area contributed by atoms with E-state index in [2.05, 4.69) is 25.7 Å². The Hall–Kier alpha value is -1.10. The molecule has 0 aromatic carbocycles. The van der Waals surface area contributed by atoms with Crippen molar-refractivity contribution in [3.63, 3.8) is 0 Å². The first-order valence-electron chi connectivity index (χ1n) is 18.4. The molecule has 0 N–H and O–H groups in total. The standard InChI is InChI=1S/C37H73NO4/c1-6-9-12-14-15-18-22-28-35(42-37(40)31-25-32-38(4)5)29-23-19-16-17-20-24-30-36(39)41-33-34(26-11-8-3)27-21-13-10-7-2/h34-35H,6-33H2,1-5H3. The number of ether oxygens (including phenoxy) is 2. The van der Waals surface area contributed by atoms with Crippen LogP contribution in [-0.2, 0) is 19.1 Å². The van der Waals surface area contributed by atoms with E-state index in [0.29, 0.717) is 25.4 Å². The highest BCUT2D eigenvalue weighted by molar-refractivity contribution is 5.69. The number of esters is 2. The molecule has 0 aliphatic rings. The third-order valence-electron chi connectivity index (χ3n) is 8.48. The van der Waals surface area contributed by atoms with Gasteiger partial charge in [0, 0.05) is 12.8 Å². The Kier molecular flexibility index (Phi) is 30.5. The topological polar surface area (TPSA) is 55.8 Å². The summed E-state index contributed by atoms with van der Waals surface area (Å²) < 4.78 is 11.6. The van der Waals surface area contributed by atoms with Gasteiger partial charge in [-0.25, -0.2) is 0 Å². The fraction of sp³-hybridized carbons (Fsp3) is 0.946. The van der Waals surface area contributed by atoms with Crippen molar-refractivity contribution in [3.05, 3.63) is 0 Å². The number of hydrogen-bond donors (Lipinski definition) is 0. The van der Waals surface area contributed by atoms with Crippen molar-refractivity contribution in [2.75, 3.05) is 27.2 Å². The van der Waals surface area contributed by atoms with Gasteiger partial charge >= 0.3 is 11.9 Å². The van der Waals surface area contributed by atoms with Gasteiger partial charge in [0.05, 0.1) is 6.61 Å². The molecule has 0 fully saturated rings. The van der Waals surface area contributed by atoms with Crippen molar-refractivity contribution in [2.24, 2.45) is 5.92 Å². The first-order chi connectivity index (χ1) is 20.4. The van der Waals surface area contributed by atoms with Crippen LogP contribution in [0.4, 0.5) is 0 Å². The van der Waals surface area contributed by atoms with Gasteiger partial charge in [0.1, 0.15) is 6.10 Å². The minimum atomic E-state index is -0.0233.